The molecule has 0 saturated heterocycles. The number of benzene rings is 1. The Bertz CT molecular complexity index is 900. The van der Waals surface area contributed by atoms with Gasteiger partial charge in [0.05, 0.1) is 18.4 Å². The minimum absolute atomic E-state index is 0.115. The van der Waals surface area contributed by atoms with Crippen LogP contribution in [0.1, 0.15) is 47.7 Å². The first-order valence-corrected chi connectivity index (χ1v) is 9.45. The first-order chi connectivity index (χ1) is 13.0. The summed E-state index contributed by atoms with van der Waals surface area (Å²) in [7, 11) is 1.28. The van der Waals surface area contributed by atoms with Gasteiger partial charge in [0.1, 0.15) is 10.5 Å². The second kappa shape index (κ2) is 8.47. The van der Waals surface area contributed by atoms with E-state index in [0.717, 1.165) is 4.70 Å². The Labute approximate surface area is 166 Å². The standard InChI is InChI=1S/C19H24N2O6S/c1-10(21-18(25)27-19(2,3)4)9-20-14-12-8-11(16(22)23)6-7-13(12)28-15(14)17(24)26-5/h6-8,10,20H,9H2,1-5H3,(H,21,25)(H,22,23). The second-order valence-electron chi connectivity index (χ2n) is 7.24. The third-order valence-corrected chi connectivity index (χ3v) is 4.80. The van der Waals surface area contributed by atoms with Crippen molar-refractivity contribution in [2.75, 3.05) is 19.0 Å². The van der Waals surface area contributed by atoms with E-state index in [2.05, 4.69) is 10.6 Å². The number of carbonyl (C=O) groups is 3. The number of ether oxygens (including phenoxy) is 2. The summed E-state index contributed by atoms with van der Waals surface area (Å²) in [5.41, 5.74) is -0.0102. The monoisotopic (exact) mass is 408 g/mol. The quantitative estimate of drug-likeness (QED) is 0.624. The number of anilines is 1. The van der Waals surface area contributed by atoms with Gasteiger partial charge in [0.2, 0.25) is 0 Å². The van der Waals surface area contributed by atoms with Crippen LogP contribution in [0.5, 0.6) is 0 Å². The number of rotatable bonds is 6. The number of carbonyl (C=O) groups excluding carboxylic acids is 2. The van der Waals surface area contributed by atoms with E-state index < -0.39 is 23.6 Å². The molecule has 0 fully saturated rings. The summed E-state index contributed by atoms with van der Waals surface area (Å²) < 4.78 is 10.8. The number of hydrogen-bond donors (Lipinski definition) is 3. The van der Waals surface area contributed by atoms with Crippen molar-refractivity contribution < 1.29 is 29.0 Å². The highest BCUT2D eigenvalue weighted by Crippen LogP contribution is 2.37. The number of aromatic carboxylic acids is 1. The number of thiophene rings is 1. The maximum absolute atomic E-state index is 12.1. The van der Waals surface area contributed by atoms with E-state index in [1.807, 2.05) is 0 Å². The molecule has 1 aromatic carbocycles. The molecule has 1 amide bonds. The fourth-order valence-corrected chi connectivity index (χ4v) is 3.54. The Balaban J connectivity index is 2.24. The van der Waals surface area contributed by atoms with Gasteiger partial charge in [-0.1, -0.05) is 0 Å². The van der Waals surface area contributed by atoms with Crippen LogP contribution < -0.4 is 10.6 Å². The van der Waals surface area contributed by atoms with Gasteiger partial charge in [0.25, 0.3) is 0 Å². The van der Waals surface area contributed by atoms with Crippen LogP contribution in [0.25, 0.3) is 10.1 Å². The molecule has 0 radical (unpaired) electrons. The summed E-state index contributed by atoms with van der Waals surface area (Å²) in [4.78, 5) is 35.7. The second-order valence-corrected chi connectivity index (χ2v) is 8.29. The summed E-state index contributed by atoms with van der Waals surface area (Å²) in [6, 6.07) is 4.34. The van der Waals surface area contributed by atoms with Gasteiger partial charge >= 0.3 is 18.0 Å². The highest BCUT2D eigenvalue weighted by molar-refractivity contribution is 7.21. The molecule has 9 heteroatoms. The molecule has 28 heavy (non-hydrogen) atoms. The van der Waals surface area contributed by atoms with Crippen LogP contribution >= 0.6 is 11.3 Å². The number of carboxylic acid groups (broad SMARTS) is 1. The number of methoxy groups -OCH3 is 1. The molecule has 0 aliphatic carbocycles. The Kier molecular flexibility index (Phi) is 6.50. The first kappa shape index (κ1) is 21.5. The molecule has 1 unspecified atom stereocenters. The molecule has 2 rings (SSSR count). The smallest absolute Gasteiger partial charge is 0.407 e. The minimum atomic E-state index is -1.06. The maximum Gasteiger partial charge on any atom is 0.407 e. The first-order valence-electron chi connectivity index (χ1n) is 8.63. The number of carboxylic acids is 1. The molecule has 0 aliphatic heterocycles. The zero-order valence-corrected chi connectivity index (χ0v) is 17.2. The van der Waals surface area contributed by atoms with Gasteiger partial charge in [-0.3, -0.25) is 0 Å². The largest absolute Gasteiger partial charge is 0.478 e. The predicted octanol–water partition coefficient (Wildman–Crippen LogP) is 3.71. The fraction of sp³-hybridized carbons (Fsp3) is 0.421. The molecule has 1 heterocycles. The normalized spacial score (nSPS) is 12.3. The van der Waals surface area contributed by atoms with Crippen molar-refractivity contribution in [2.24, 2.45) is 0 Å². The van der Waals surface area contributed by atoms with Crippen LogP contribution in [0, 0.1) is 0 Å². The van der Waals surface area contributed by atoms with E-state index in [-0.39, 0.29) is 11.6 Å². The average Bonchev–Trinajstić information content (AvgIpc) is 2.95. The van der Waals surface area contributed by atoms with Crippen molar-refractivity contribution in [1.29, 1.82) is 0 Å². The average molecular weight is 408 g/mol. The van der Waals surface area contributed by atoms with E-state index in [1.165, 1.54) is 30.6 Å². The number of nitrogens with one attached hydrogen (secondary N) is 2. The molecular formula is C19H24N2O6S. The number of esters is 1. The molecule has 152 valence electrons. The van der Waals surface area contributed by atoms with Gasteiger partial charge in [-0.05, 0) is 45.9 Å². The van der Waals surface area contributed by atoms with Gasteiger partial charge in [0, 0.05) is 22.7 Å². The molecule has 1 atom stereocenters. The van der Waals surface area contributed by atoms with Crippen LogP contribution in [-0.4, -0.2) is 48.4 Å². The van der Waals surface area contributed by atoms with E-state index in [4.69, 9.17) is 9.47 Å². The molecular weight excluding hydrogens is 384 g/mol. The Morgan fingerprint density at radius 2 is 1.93 bits per heavy atom. The summed E-state index contributed by atoms with van der Waals surface area (Å²) in [5.74, 6) is -1.58. The molecule has 0 saturated carbocycles. The molecule has 1 aromatic heterocycles. The van der Waals surface area contributed by atoms with Crippen LogP contribution in [-0.2, 0) is 9.47 Å². The van der Waals surface area contributed by atoms with Crippen molar-refractivity contribution in [3.05, 3.63) is 28.6 Å². The van der Waals surface area contributed by atoms with Gasteiger partial charge in [0.15, 0.2) is 0 Å². The molecule has 8 nitrogen and oxygen atoms in total. The molecule has 0 bridgehead atoms. The molecule has 3 N–H and O–H groups in total. The Morgan fingerprint density at radius 3 is 2.50 bits per heavy atom. The lowest BCUT2D eigenvalue weighted by molar-refractivity contribution is 0.0509. The summed E-state index contributed by atoms with van der Waals surface area (Å²) in [5, 5.41) is 15.7. The number of hydrogen-bond acceptors (Lipinski definition) is 7. The van der Waals surface area contributed by atoms with E-state index in [1.54, 1.807) is 33.8 Å². The van der Waals surface area contributed by atoms with Crippen molar-refractivity contribution in [2.45, 2.75) is 39.3 Å². The molecule has 0 aliphatic rings. The van der Waals surface area contributed by atoms with Crippen molar-refractivity contribution >= 4 is 45.1 Å². The Hall–Kier alpha value is -2.81. The van der Waals surface area contributed by atoms with E-state index in [9.17, 15) is 19.5 Å². The summed E-state index contributed by atoms with van der Waals surface area (Å²) in [6.45, 7) is 7.40. The number of amides is 1. The molecule has 0 spiro atoms. The van der Waals surface area contributed by atoms with Crippen molar-refractivity contribution in [3.63, 3.8) is 0 Å². The number of alkyl carbamates (subject to hydrolysis) is 1. The summed E-state index contributed by atoms with van der Waals surface area (Å²) in [6.07, 6.45) is -0.543. The topological polar surface area (TPSA) is 114 Å². The lowest BCUT2D eigenvalue weighted by atomic mass is 10.1. The van der Waals surface area contributed by atoms with Crippen LogP contribution in [0.3, 0.4) is 0 Å². The minimum Gasteiger partial charge on any atom is -0.478 e. The van der Waals surface area contributed by atoms with Crippen LogP contribution in [0.2, 0.25) is 0 Å². The highest BCUT2D eigenvalue weighted by atomic mass is 32.1. The Morgan fingerprint density at radius 1 is 1.25 bits per heavy atom. The maximum atomic E-state index is 12.1. The van der Waals surface area contributed by atoms with Crippen LogP contribution in [0.4, 0.5) is 10.5 Å². The highest BCUT2D eigenvalue weighted by Gasteiger charge is 2.22. The van der Waals surface area contributed by atoms with Gasteiger partial charge in [-0.15, -0.1) is 11.3 Å². The van der Waals surface area contributed by atoms with Crippen molar-refractivity contribution in [1.82, 2.24) is 5.32 Å². The van der Waals surface area contributed by atoms with E-state index in [0.29, 0.717) is 22.5 Å². The summed E-state index contributed by atoms with van der Waals surface area (Å²) >= 11 is 1.21. The zero-order valence-electron chi connectivity index (χ0n) is 16.4. The fourth-order valence-electron chi connectivity index (χ4n) is 2.46. The predicted molar refractivity (Wildman–Crippen MR) is 107 cm³/mol. The third-order valence-electron chi connectivity index (χ3n) is 3.65. The molecule has 2 aromatic rings. The van der Waals surface area contributed by atoms with Crippen molar-refractivity contribution in [3.8, 4) is 0 Å². The van der Waals surface area contributed by atoms with Gasteiger partial charge in [-0.25, -0.2) is 14.4 Å². The third kappa shape index (κ3) is 5.35. The lowest BCUT2D eigenvalue weighted by Crippen LogP contribution is -2.40. The lowest BCUT2D eigenvalue weighted by Gasteiger charge is -2.22. The van der Waals surface area contributed by atoms with Crippen LogP contribution in [0.15, 0.2) is 18.2 Å². The number of fused-ring (bicyclic) bond motifs is 1. The zero-order chi connectivity index (χ0) is 21.1. The van der Waals surface area contributed by atoms with E-state index >= 15 is 0 Å². The SMILES string of the molecule is COC(=O)c1sc2ccc(C(=O)O)cc2c1NCC(C)NC(=O)OC(C)(C)C. The van der Waals surface area contributed by atoms with Gasteiger partial charge < -0.3 is 25.2 Å². The van der Waals surface area contributed by atoms with Gasteiger partial charge in [-0.2, -0.15) is 0 Å².